The summed E-state index contributed by atoms with van der Waals surface area (Å²) in [6.07, 6.45) is 66.8. The van der Waals surface area contributed by atoms with Crippen LogP contribution in [0.4, 0.5) is 0 Å². The van der Waals surface area contributed by atoms with E-state index < -0.39 is 6.10 Å². The summed E-state index contributed by atoms with van der Waals surface area (Å²) >= 11 is 0. The topological polar surface area (TPSA) is 72.8 Å². The van der Waals surface area contributed by atoms with Gasteiger partial charge in [0.25, 0.3) is 0 Å². The second kappa shape index (κ2) is 52.5. The first-order chi connectivity index (χ1) is 30.1. The van der Waals surface area contributed by atoms with Crippen molar-refractivity contribution in [1.82, 2.24) is 0 Å². The molecule has 0 bridgehead atoms. The lowest BCUT2D eigenvalue weighted by Crippen LogP contribution is -2.28. The molecule has 5 nitrogen and oxygen atoms in total. The predicted octanol–water partition coefficient (Wildman–Crippen LogP) is 17.9. The minimum absolute atomic E-state index is 0.0657. The third kappa shape index (κ3) is 50.6. The van der Waals surface area contributed by atoms with Crippen LogP contribution < -0.4 is 0 Å². The largest absolute Gasteiger partial charge is 0.462 e. The SMILES string of the molecule is CCCCCC/C=C\C/C=C\CCCCCCCCCC(=O)OC(CO)COC(=O)CCCCCCCCCCCCCCCCCCC/C=C\CCCCCCCCCC. The molecule has 5 heteroatoms. The number of ether oxygens (including phenoxy) is 2. The van der Waals surface area contributed by atoms with Crippen molar-refractivity contribution < 1.29 is 24.2 Å². The van der Waals surface area contributed by atoms with E-state index >= 15 is 0 Å². The van der Waals surface area contributed by atoms with Crippen LogP contribution in [0.15, 0.2) is 36.5 Å². The normalized spacial score (nSPS) is 12.4. The predicted molar refractivity (Wildman–Crippen MR) is 265 cm³/mol. The number of rotatable bonds is 50. The highest BCUT2D eigenvalue weighted by molar-refractivity contribution is 5.70. The molecular formula is C56H104O5. The Labute approximate surface area is 380 Å². The number of aliphatic hydroxyl groups is 1. The summed E-state index contributed by atoms with van der Waals surface area (Å²) in [6.45, 7) is 4.15. The van der Waals surface area contributed by atoms with Crippen molar-refractivity contribution in [3.05, 3.63) is 36.5 Å². The Morgan fingerprint density at radius 1 is 0.377 bits per heavy atom. The molecule has 0 aromatic heterocycles. The van der Waals surface area contributed by atoms with Gasteiger partial charge in [-0.25, -0.2) is 0 Å². The van der Waals surface area contributed by atoms with Crippen molar-refractivity contribution in [3.63, 3.8) is 0 Å². The van der Waals surface area contributed by atoms with E-state index in [1.54, 1.807) is 0 Å². The molecule has 1 atom stereocenters. The number of unbranched alkanes of at least 4 members (excludes halogenated alkanes) is 36. The first-order valence-corrected chi connectivity index (χ1v) is 27.0. The fraction of sp³-hybridized carbons (Fsp3) is 0.857. The zero-order chi connectivity index (χ0) is 44.2. The van der Waals surface area contributed by atoms with E-state index in [-0.39, 0.29) is 25.2 Å². The molecule has 0 aromatic carbocycles. The molecule has 0 radical (unpaired) electrons. The number of aliphatic hydroxyl groups excluding tert-OH is 1. The van der Waals surface area contributed by atoms with Crippen LogP contribution in [0.25, 0.3) is 0 Å². The summed E-state index contributed by atoms with van der Waals surface area (Å²) in [5, 5.41) is 9.63. The summed E-state index contributed by atoms with van der Waals surface area (Å²) in [4.78, 5) is 24.5. The van der Waals surface area contributed by atoms with Crippen molar-refractivity contribution in [2.45, 2.75) is 296 Å². The zero-order valence-electron chi connectivity index (χ0n) is 40.9. The molecule has 0 saturated carbocycles. The maximum Gasteiger partial charge on any atom is 0.306 e. The third-order valence-corrected chi connectivity index (χ3v) is 12.2. The van der Waals surface area contributed by atoms with Crippen LogP contribution in [0.1, 0.15) is 290 Å². The summed E-state index contributed by atoms with van der Waals surface area (Å²) in [6, 6.07) is 0. The average molecular weight is 857 g/mol. The van der Waals surface area contributed by atoms with E-state index in [1.807, 2.05) is 0 Å². The molecule has 0 aliphatic rings. The average Bonchev–Trinajstić information content (AvgIpc) is 3.26. The maximum atomic E-state index is 12.3. The lowest BCUT2D eigenvalue weighted by Gasteiger charge is -2.15. The van der Waals surface area contributed by atoms with Gasteiger partial charge in [-0.1, -0.05) is 243 Å². The minimum atomic E-state index is -0.774. The van der Waals surface area contributed by atoms with Gasteiger partial charge in [0, 0.05) is 12.8 Å². The van der Waals surface area contributed by atoms with E-state index in [0.29, 0.717) is 12.8 Å². The van der Waals surface area contributed by atoms with Gasteiger partial charge in [-0.05, 0) is 70.6 Å². The standard InChI is InChI=1S/C56H104O5/c1-3-5-7-9-11-13-15-17-19-21-23-24-25-26-27-28-29-30-31-32-33-35-36-38-40-42-44-46-48-50-55(58)60-53-54(52-57)61-56(59)51-49-47-45-43-41-39-37-34-22-20-18-16-14-12-10-8-6-4-2/h14,16,20-23,54,57H,3-13,15,17-19,24-53H2,1-2H3/b16-14-,22-20-,23-21-. The van der Waals surface area contributed by atoms with Crippen molar-refractivity contribution in [3.8, 4) is 0 Å². The summed E-state index contributed by atoms with van der Waals surface area (Å²) in [7, 11) is 0. The van der Waals surface area contributed by atoms with Crippen LogP contribution in [0, 0.1) is 0 Å². The van der Waals surface area contributed by atoms with Crippen molar-refractivity contribution >= 4 is 11.9 Å². The molecule has 0 amide bonds. The Kier molecular flexibility index (Phi) is 50.8. The Morgan fingerprint density at radius 3 is 1.00 bits per heavy atom. The number of carbonyl (C=O) groups excluding carboxylic acids is 2. The molecule has 61 heavy (non-hydrogen) atoms. The first-order valence-electron chi connectivity index (χ1n) is 27.0. The second-order valence-corrected chi connectivity index (χ2v) is 18.3. The number of carbonyl (C=O) groups is 2. The monoisotopic (exact) mass is 857 g/mol. The molecule has 1 N–H and O–H groups in total. The van der Waals surface area contributed by atoms with E-state index in [0.717, 1.165) is 51.4 Å². The van der Waals surface area contributed by atoms with Gasteiger partial charge < -0.3 is 14.6 Å². The van der Waals surface area contributed by atoms with Crippen molar-refractivity contribution in [1.29, 1.82) is 0 Å². The van der Waals surface area contributed by atoms with Gasteiger partial charge in [-0.3, -0.25) is 9.59 Å². The summed E-state index contributed by atoms with van der Waals surface area (Å²) < 4.78 is 10.7. The number of allylic oxidation sites excluding steroid dienone is 6. The fourth-order valence-electron chi connectivity index (χ4n) is 8.05. The maximum absolute atomic E-state index is 12.3. The highest BCUT2D eigenvalue weighted by Gasteiger charge is 2.16. The number of hydrogen-bond donors (Lipinski definition) is 1. The molecule has 0 spiro atoms. The van der Waals surface area contributed by atoms with Crippen LogP contribution >= 0.6 is 0 Å². The smallest absolute Gasteiger partial charge is 0.306 e. The number of hydrogen-bond acceptors (Lipinski definition) is 5. The van der Waals surface area contributed by atoms with Gasteiger partial charge in [0.1, 0.15) is 6.61 Å². The van der Waals surface area contributed by atoms with Crippen LogP contribution in [0.5, 0.6) is 0 Å². The molecule has 0 heterocycles. The molecule has 0 aromatic rings. The molecule has 0 aliphatic heterocycles. The quantitative estimate of drug-likeness (QED) is 0.0375. The Hall–Kier alpha value is -1.88. The molecule has 358 valence electrons. The molecular weight excluding hydrogens is 753 g/mol. The fourth-order valence-corrected chi connectivity index (χ4v) is 8.05. The lowest BCUT2D eigenvalue weighted by atomic mass is 10.0. The van der Waals surface area contributed by atoms with Crippen LogP contribution in [-0.4, -0.2) is 36.4 Å². The molecule has 0 rings (SSSR count). The Balaban J connectivity index is 3.44. The number of esters is 2. The Morgan fingerprint density at radius 2 is 0.656 bits per heavy atom. The highest BCUT2D eigenvalue weighted by atomic mass is 16.6. The van der Waals surface area contributed by atoms with Gasteiger partial charge in [0.15, 0.2) is 6.10 Å². The van der Waals surface area contributed by atoms with E-state index in [4.69, 9.17) is 9.47 Å². The first kappa shape index (κ1) is 59.1. The Bertz CT molecular complexity index is 970. The highest BCUT2D eigenvalue weighted by Crippen LogP contribution is 2.16. The molecule has 0 fully saturated rings. The molecule has 1 unspecified atom stereocenters. The van der Waals surface area contributed by atoms with Crippen molar-refractivity contribution in [2.75, 3.05) is 13.2 Å². The summed E-state index contributed by atoms with van der Waals surface area (Å²) in [5.41, 5.74) is 0. The van der Waals surface area contributed by atoms with Gasteiger partial charge in [0.2, 0.25) is 0 Å². The van der Waals surface area contributed by atoms with E-state index in [1.165, 1.54) is 212 Å². The van der Waals surface area contributed by atoms with E-state index in [9.17, 15) is 14.7 Å². The van der Waals surface area contributed by atoms with Gasteiger partial charge in [0.05, 0.1) is 6.61 Å². The molecule has 0 saturated heterocycles. The minimum Gasteiger partial charge on any atom is -0.462 e. The van der Waals surface area contributed by atoms with Gasteiger partial charge in [-0.2, -0.15) is 0 Å². The second-order valence-electron chi connectivity index (χ2n) is 18.3. The van der Waals surface area contributed by atoms with E-state index in [2.05, 4.69) is 50.3 Å². The third-order valence-electron chi connectivity index (χ3n) is 12.2. The van der Waals surface area contributed by atoms with Gasteiger partial charge in [-0.15, -0.1) is 0 Å². The van der Waals surface area contributed by atoms with Crippen LogP contribution in [0.3, 0.4) is 0 Å². The van der Waals surface area contributed by atoms with Crippen LogP contribution in [0.2, 0.25) is 0 Å². The summed E-state index contributed by atoms with van der Waals surface area (Å²) in [5.74, 6) is -0.587. The molecule has 0 aliphatic carbocycles. The lowest BCUT2D eigenvalue weighted by molar-refractivity contribution is -0.161. The van der Waals surface area contributed by atoms with Gasteiger partial charge >= 0.3 is 11.9 Å². The van der Waals surface area contributed by atoms with Crippen LogP contribution in [-0.2, 0) is 19.1 Å². The zero-order valence-corrected chi connectivity index (χ0v) is 40.9. The van der Waals surface area contributed by atoms with Crippen molar-refractivity contribution in [2.24, 2.45) is 0 Å².